The molecule has 3 nitrogen and oxygen atoms in total. The first-order chi connectivity index (χ1) is 12.1. The van der Waals surface area contributed by atoms with Gasteiger partial charge in [-0.15, -0.1) is 0 Å². The maximum atomic E-state index is 13.7. The first kappa shape index (κ1) is 17.5. The second-order valence-corrected chi connectivity index (χ2v) is 6.56. The number of hydrogen-bond acceptors (Lipinski definition) is 2. The molecule has 2 aromatic rings. The van der Waals surface area contributed by atoms with Crippen LogP contribution in [0.1, 0.15) is 49.4 Å². The molecule has 25 heavy (non-hydrogen) atoms. The van der Waals surface area contributed by atoms with Crippen LogP contribution in [0.3, 0.4) is 0 Å². The van der Waals surface area contributed by atoms with Gasteiger partial charge in [0.05, 0.1) is 6.04 Å². The first-order valence-corrected chi connectivity index (χ1v) is 8.91. The summed E-state index contributed by atoms with van der Waals surface area (Å²) in [7, 11) is 0. The minimum absolute atomic E-state index is 0.106. The highest BCUT2D eigenvalue weighted by Crippen LogP contribution is 2.25. The number of aryl methyl sites for hydroxylation is 2. The van der Waals surface area contributed by atoms with Gasteiger partial charge in [-0.05, 0) is 61.4 Å². The molecule has 0 saturated carbocycles. The summed E-state index contributed by atoms with van der Waals surface area (Å²) in [5.74, 6) is -0.575. The molecule has 0 radical (unpaired) electrons. The third-order valence-electron chi connectivity index (χ3n) is 4.75. The third-order valence-corrected chi connectivity index (χ3v) is 4.75. The lowest BCUT2D eigenvalue weighted by Crippen LogP contribution is -2.39. The van der Waals surface area contributed by atoms with Gasteiger partial charge in [0, 0.05) is 0 Å². The second-order valence-electron chi connectivity index (χ2n) is 6.56. The summed E-state index contributed by atoms with van der Waals surface area (Å²) in [4.78, 5) is 12.5. The van der Waals surface area contributed by atoms with E-state index in [1.54, 1.807) is 12.1 Å². The van der Waals surface area contributed by atoms with Crippen molar-refractivity contribution in [1.82, 2.24) is 5.32 Å². The average Bonchev–Trinajstić information content (AvgIpc) is 3.08. The van der Waals surface area contributed by atoms with E-state index in [0.717, 1.165) is 18.4 Å². The minimum atomic E-state index is -0.714. The minimum Gasteiger partial charge on any atom is -0.478 e. The summed E-state index contributed by atoms with van der Waals surface area (Å²) in [6.07, 6.45) is 3.21. The predicted molar refractivity (Wildman–Crippen MR) is 96.1 cm³/mol. The highest BCUT2D eigenvalue weighted by molar-refractivity contribution is 5.81. The number of para-hydroxylation sites is 1. The molecule has 3 rings (SSSR count). The highest BCUT2D eigenvalue weighted by Gasteiger charge is 2.22. The van der Waals surface area contributed by atoms with Crippen molar-refractivity contribution in [2.75, 3.05) is 0 Å². The van der Waals surface area contributed by atoms with Gasteiger partial charge in [0.25, 0.3) is 5.91 Å². The van der Waals surface area contributed by atoms with Gasteiger partial charge in [-0.1, -0.05) is 37.3 Å². The molecular formula is C21H24FNO2. The fraction of sp³-hybridized carbons (Fsp3) is 0.381. The Morgan fingerprint density at radius 2 is 1.96 bits per heavy atom. The van der Waals surface area contributed by atoms with Crippen LogP contribution in [-0.4, -0.2) is 12.0 Å². The fourth-order valence-corrected chi connectivity index (χ4v) is 3.27. The van der Waals surface area contributed by atoms with E-state index in [1.807, 2.05) is 13.8 Å². The molecule has 132 valence electrons. The van der Waals surface area contributed by atoms with Crippen molar-refractivity contribution < 1.29 is 13.9 Å². The van der Waals surface area contributed by atoms with Gasteiger partial charge in [0.15, 0.2) is 17.7 Å². The number of halogens is 1. The zero-order valence-corrected chi connectivity index (χ0v) is 14.7. The molecule has 1 aliphatic carbocycles. The maximum Gasteiger partial charge on any atom is 0.261 e. The largest absolute Gasteiger partial charge is 0.478 e. The molecule has 1 aliphatic rings. The van der Waals surface area contributed by atoms with Gasteiger partial charge >= 0.3 is 0 Å². The lowest BCUT2D eigenvalue weighted by Gasteiger charge is -2.21. The van der Waals surface area contributed by atoms with E-state index in [4.69, 9.17) is 4.74 Å². The van der Waals surface area contributed by atoms with Crippen molar-refractivity contribution in [3.8, 4) is 5.75 Å². The number of nitrogens with one attached hydrogen (secondary N) is 1. The standard InChI is InChI=1S/C21H24FNO2/c1-3-19(25-20-10-5-4-9-18(20)22)21(24)23-14(2)16-12-11-15-7-6-8-17(15)13-16/h4-5,9-14,19H,3,6-8H2,1-2H3,(H,23,24)/t14-,19+/m0/s1. The average molecular weight is 341 g/mol. The van der Waals surface area contributed by atoms with Gasteiger partial charge in [-0.25, -0.2) is 4.39 Å². The molecule has 1 N–H and O–H groups in total. The quantitative estimate of drug-likeness (QED) is 0.848. The summed E-state index contributed by atoms with van der Waals surface area (Å²) < 4.78 is 19.3. The molecule has 0 heterocycles. The van der Waals surface area contributed by atoms with Crippen LogP contribution in [0.2, 0.25) is 0 Å². The number of fused-ring (bicyclic) bond motifs is 1. The highest BCUT2D eigenvalue weighted by atomic mass is 19.1. The van der Waals surface area contributed by atoms with Crippen LogP contribution in [0.5, 0.6) is 5.75 Å². The molecule has 0 fully saturated rings. The third kappa shape index (κ3) is 4.01. The summed E-state index contributed by atoms with van der Waals surface area (Å²) in [6.45, 7) is 3.82. The van der Waals surface area contributed by atoms with E-state index in [2.05, 4.69) is 23.5 Å². The van der Waals surface area contributed by atoms with Crippen molar-refractivity contribution in [2.24, 2.45) is 0 Å². The number of rotatable bonds is 6. The Morgan fingerprint density at radius 1 is 1.20 bits per heavy atom. The summed E-state index contributed by atoms with van der Waals surface area (Å²) in [5, 5.41) is 2.99. The summed E-state index contributed by atoms with van der Waals surface area (Å²) >= 11 is 0. The molecule has 2 aromatic carbocycles. The number of carbonyl (C=O) groups is 1. The smallest absolute Gasteiger partial charge is 0.261 e. The van der Waals surface area contributed by atoms with Crippen molar-refractivity contribution >= 4 is 5.91 Å². The van der Waals surface area contributed by atoms with Crippen molar-refractivity contribution in [1.29, 1.82) is 0 Å². The second kappa shape index (κ2) is 7.68. The van der Waals surface area contributed by atoms with Crippen LogP contribution in [0.15, 0.2) is 42.5 Å². The van der Waals surface area contributed by atoms with Crippen LogP contribution in [0.25, 0.3) is 0 Å². The van der Waals surface area contributed by atoms with Crippen LogP contribution in [0, 0.1) is 5.82 Å². The number of hydrogen-bond donors (Lipinski definition) is 1. The zero-order valence-electron chi connectivity index (χ0n) is 14.7. The summed E-state index contributed by atoms with van der Waals surface area (Å²) in [6, 6.07) is 12.5. The lowest BCUT2D eigenvalue weighted by atomic mass is 10.0. The van der Waals surface area contributed by atoms with E-state index in [1.165, 1.54) is 29.7 Å². The first-order valence-electron chi connectivity index (χ1n) is 8.91. The number of ether oxygens (including phenoxy) is 1. The van der Waals surface area contributed by atoms with Crippen LogP contribution >= 0.6 is 0 Å². The number of carbonyl (C=O) groups excluding carboxylic acids is 1. The van der Waals surface area contributed by atoms with E-state index in [-0.39, 0.29) is 17.7 Å². The molecule has 0 spiro atoms. The normalized spacial score (nSPS) is 15.3. The van der Waals surface area contributed by atoms with Crippen molar-refractivity contribution in [3.05, 3.63) is 65.0 Å². The molecule has 0 bridgehead atoms. The van der Waals surface area contributed by atoms with Crippen LogP contribution in [-0.2, 0) is 17.6 Å². The van der Waals surface area contributed by atoms with Gasteiger partial charge in [-0.3, -0.25) is 4.79 Å². The predicted octanol–water partition coefficient (Wildman–Crippen LogP) is 4.35. The van der Waals surface area contributed by atoms with Gasteiger partial charge in [0.1, 0.15) is 0 Å². The van der Waals surface area contributed by atoms with Crippen LogP contribution < -0.4 is 10.1 Å². The Morgan fingerprint density at radius 3 is 2.72 bits per heavy atom. The van der Waals surface area contributed by atoms with Gasteiger partial charge < -0.3 is 10.1 Å². The van der Waals surface area contributed by atoms with Crippen molar-refractivity contribution in [3.63, 3.8) is 0 Å². The lowest BCUT2D eigenvalue weighted by molar-refractivity contribution is -0.128. The Kier molecular flexibility index (Phi) is 5.37. The maximum absolute atomic E-state index is 13.7. The summed E-state index contributed by atoms with van der Waals surface area (Å²) in [5.41, 5.74) is 3.89. The van der Waals surface area contributed by atoms with Crippen molar-refractivity contribution in [2.45, 2.75) is 51.7 Å². The SMILES string of the molecule is CC[C@@H](Oc1ccccc1F)C(=O)N[C@@H](C)c1ccc2c(c1)CCC2. The molecule has 2 atom stereocenters. The van der Waals surface area contributed by atoms with E-state index in [0.29, 0.717) is 6.42 Å². The Bertz CT molecular complexity index is 759. The number of amides is 1. The topological polar surface area (TPSA) is 38.3 Å². The molecular weight excluding hydrogens is 317 g/mol. The van der Waals surface area contributed by atoms with E-state index in [9.17, 15) is 9.18 Å². The Hall–Kier alpha value is -2.36. The number of benzene rings is 2. The Balaban J connectivity index is 1.66. The molecule has 4 heteroatoms. The molecule has 1 amide bonds. The van der Waals surface area contributed by atoms with E-state index < -0.39 is 11.9 Å². The van der Waals surface area contributed by atoms with Gasteiger partial charge in [-0.2, -0.15) is 0 Å². The molecule has 0 aromatic heterocycles. The molecule has 0 unspecified atom stereocenters. The van der Waals surface area contributed by atoms with Crippen LogP contribution in [0.4, 0.5) is 4.39 Å². The molecule has 0 aliphatic heterocycles. The monoisotopic (exact) mass is 341 g/mol. The van der Waals surface area contributed by atoms with Gasteiger partial charge in [0.2, 0.25) is 0 Å². The Labute approximate surface area is 148 Å². The zero-order chi connectivity index (χ0) is 17.8. The molecule has 0 saturated heterocycles. The fourth-order valence-electron chi connectivity index (χ4n) is 3.27. The van der Waals surface area contributed by atoms with E-state index >= 15 is 0 Å².